The van der Waals surface area contributed by atoms with E-state index in [2.05, 4.69) is 6.92 Å². The van der Waals surface area contributed by atoms with Gasteiger partial charge in [0.05, 0.1) is 11.6 Å². The first-order valence-corrected chi connectivity index (χ1v) is 8.17. The highest BCUT2D eigenvalue weighted by Gasteiger charge is 2.16. The van der Waals surface area contributed by atoms with Gasteiger partial charge in [-0.1, -0.05) is 19.1 Å². The Hall–Kier alpha value is -3.00. The number of nitrogens with zero attached hydrogens (tertiary/aromatic N) is 1. The largest absolute Gasteiger partial charge is 0.490 e. The number of carbonyl (C=O) groups excluding carboxylic acids is 1. The van der Waals surface area contributed by atoms with Crippen molar-refractivity contribution in [3.8, 4) is 17.6 Å². The van der Waals surface area contributed by atoms with Gasteiger partial charge in [0.25, 0.3) is 0 Å². The number of hydrogen-bond acceptors (Lipinski definition) is 5. The molecule has 0 spiro atoms. The molecule has 0 aliphatic carbocycles. The second-order valence-electron chi connectivity index (χ2n) is 5.41. The van der Waals surface area contributed by atoms with E-state index in [4.69, 9.17) is 19.5 Å². The Morgan fingerprint density at radius 1 is 1.12 bits per heavy atom. The SMILES string of the molecule is CCc1cccc(OCCOC(=O)C(C)Oc2ccc(C#N)cc2)c1. The summed E-state index contributed by atoms with van der Waals surface area (Å²) < 4.78 is 16.2. The summed E-state index contributed by atoms with van der Waals surface area (Å²) in [6.45, 7) is 4.13. The topological polar surface area (TPSA) is 68.6 Å². The molecule has 25 heavy (non-hydrogen) atoms. The molecule has 0 aliphatic rings. The maximum Gasteiger partial charge on any atom is 0.347 e. The number of rotatable bonds is 8. The minimum absolute atomic E-state index is 0.149. The van der Waals surface area contributed by atoms with E-state index in [1.54, 1.807) is 31.2 Å². The van der Waals surface area contributed by atoms with Crippen LogP contribution in [-0.2, 0) is 16.0 Å². The molecule has 1 unspecified atom stereocenters. The summed E-state index contributed by atoms with van der Waals surface area (Å²) in [7, 11) is 0. The number of esters is 1. The molecule has 0 saturated heterocycles. The Morgan fingerprint density at radius 2 is 1.88 bits per heavy atom. The van der Waals surface area contributed by atoms with Crippen LogP contribution in [0, 0.1) is 11.3 Å². The van der Waals surface area contributed by atoms with E-state index in [1.807, 2.05) is 30.3 Å². The molecular formula is C20H21NO4. The highest BCUT2D eigenvalue weighted by atomic mass is 16.6. The lowest BCUT2D eigenvalue weighted by molar-refractivity contribution is -0.151. The molecule has 5 heteroatoms. The van der Waals surface area contributed by atoms with Crippen molar-refractivity contribution < 1.29 is 19.0 Å². The molecule has 0 bridgehead atoms. The third-order valence-corrected chi connectivity index (χ3v) is 3.53. The Kier molecular flexibility index (Phi) is 6.85. The van der Waals surface area contributed by atoms with Gasteiger partial charge in [-0.25, -0.2) is 4.79 Å². The van der Waals surface area contributed by atoms with Crippen LogP contribution in [0.4, 0.5) is 0 Å². The molecule has 2 aromatic rings. The van der Waals surface area contributed by atoms with E-state index in [-0.39, 0.29) is 13.2 Å². The van der Waals surface area contributed by atoms with Crippen molar-refractivity contribution in [1.82, 2.24) is 0 Å². The normalized spacial score (nSPS) is 11.2. The van der Waals surface area contributed by atoms with Crippen molar-refractivity contribution in [2.45, 2.75) is 26.4 Å². The molecule has 0 N–H and O–H groups in total. The van der Waals surface area contributed by atoms with Gasteiger partial charge in [0.1, 0.15) is 24.7 Å². The van der Waals surface area contributed by atoms with Crippen molar-refractivity contribution in [3.05, 3.63) is 59.7 Å². The van der Waals surface area contributed by atoms with Crippen LogP contribution in [0.2, 0.25) is 0 Å². The van der Waals surface area contributed by atoms with Gasteiger partial charge in [-0.2, -0.15) is 5.26 Å². The Bertz CT molecular complexity index is 734. The maximum atomic E-state index is 11.9. The van der Waals surface area contributed by atoms with Crippen LogP contribution in [0.5, 0.6) is 11.5 Å². The monoisotopic (exact) mass is 339 g/mol. The van der Waals surface area contributed by atoms with E-state index in [1.165, 1.54) is 5.56 Å². The molecule has 0 saturated carbocycles. The molecule has 0 heterocycles. The average Bonchev–Trinajstić information content (AvgIpc) is 2.65. The van der Waals surface area contributed by atoms with Gasteiger partial charge < -0.3 is 14.2 Å². The third kappa shape index (κ3) is 5.85. The van der Waals surface area contributed by atoms with Gasteiger partial charge in [-0.3, -0.25) is 0 Å². The first-order chi connectivity index (χ1) is 12.1. The van der Waals surface area contributed by atoms with Crippen molar-refractivity contribution >= 4 is 5.97 Å². The number of ether oxygens (including phenoxy) is 3. The van der Waals surface area contributed by atoms with Crippen LogP contribution in [0.25, 0.3) is 0 Å². The summed E-state index contributed by atoms with van der Waals surface area (Å²) >= 11 is 0. The van der Waals surface area contributed by atoms with Crippen LogP contribution in [0.3, 0.4) is 0 Å². The molecule has 0 fully saturated rings. The first-order valence-electron chi connectivity index (χ1n) is 8.17. The maximum absolute atomic E-state index is 11.9. The average molecular weight is 339 g/mol. The van der Waals surface area contributed by atoms with Gasteiger partial charge >= 0.3 is 5.97 Å². The van der Waals surface area contributed by atoms with Gasteiger partial charge in [0, 0.05) is 0 Å². The number of benzene rings is 2. The number of nitriles is 1. The summed E-state index contributed by atoms with van der Waals surface area (Å²) in [5.74, 6) is 0.809. The van der Waals surface area contributed by atoms with Crippen molar-refractivity contribution in [2.75, 3.05) is 13.2 Å². The fourth-order valence-electron chi connectivity index (χ4n) is 2.13. The first kappa shape index (κ1) is 18.3. The molecule has 5 nitrogen and oxygen atoms in total. The van der Waals surface area contributed by atoms with Gasteiger partial charge in [-0.15, -0.1) is 0 Å². The zero-order valence-electron chi connectivity index (χ0n) is 14.4. The molecule has 0 radical (unpaired) electrons. The number of carbonyl (C=O) groups is 1. The van der Waals surface area contributed by atoms with E-state index in [0.29, 0.717) is 11.3 Å². The van der Waals surface area contributed by atoms with Crippen LogP contribution in [-0.4, -0.2) is 25.3 Å². The molecule has 0 aliphatic heterocycles. The number of hydrogen-bond donors (Lipinski definition) is 0. The summed E-state index contributed by atoms with van der Waals surface area (Å²) in [5.41, 5.74) is 1.73. The summed E-state index contributed by atoms with van der Waals surface area (Å²) in [5, 5.41) is 8.75. The van der Waals surface area contributed by atoms with Gasteiger partial charge in [-0.05, 0) is 55.3 Å². The minimum atomic E-state index is -0.739. The fraction of sp³-hybridized carbons (Fsp3) is 0.300. The van der Waals surface area contributed by atoms with Crippen LogP contribution in [0.15, 0.2) is 48.5 Å². The van der Waals surface area contributed by atoms with Crippen molar-refractivity contribution in [3.63, 3.8) is 0 Å². The lowest BCUT2D eigenvalue weighted by Gasteiger charge is -2.14. The Morgan fingerprint density at radius 3 is 2.56 bits per heavy atom. The fourth-order valence-corrected chi connectivity index (χ4v) is 2.13. The highest BCUT2D eigenvalue weighted by Crippen LogP contribution is 2.15. The molecule has 2 aromatic carbocycles. The quantitative estimate of drug-likeness (QED) is 0.544. The molecule has 130 valence electrons. The highest BCUT2D eigenvalue weighted by molar-refractivity contribution is 5.74. The molecule has 2 rings (SSSR count). The Labute approximate surface area is 147 Å². The zero-order chi connectivity index (χ0) is 18.1. The Balaban J connectivity index is 1.72. The molecule has 0 amide bonds. The molecule has 0 aromatic heterocycles. The summed E-state index contributed by atoms with van der Waals surface area (Å²) in [4.78, 5) is 11.9. The lowest BCUT2D eigenvalue weighted by Crippen LogP contribution is -2.27. The van der Waals surface area contributed by atoms with Gasteiger partial charge in [0.2, 0.25) is 0 Å². The van der Waals surface area contributed by atoms with Crippen molar-refractivity contribution in [1.29, 1.82) is 5.26 Å². The lowest BCUT2D eigenvalue weighted by atomic mass is 10.2. The predicted octanol–water partition coefficient (Wildman–Crippen LogP) is 3.51. The number of aryl methyl sites for hydroxylation is 1. The van der Waals surface area contributed by atoms with Crippen LogP contribution in [0.1, 0.15) is 25.0 Å². The minimum Gasteiger partial charge on any atom is -0.490 e. The predicted molar refractivity (Wildman–Crippen MR) is 93.5 cm³/mol. The van der Waals surface area contributed by atoms with Crippen LogP contribution >= 0.6 is 0 Å². The van der Waals surface area contributed by atoms with Crippen molar-refractivity contribution in [2.24, 2.45) is 0 Å². The third-order valence-electron chi connectivity index (χ3n) is 3.53. The summed E-state index contributed by atoms with van der Waals surface area (Å²) in [6.07, 6.45) is 0.201. The van der Waals surface area contributed by atoms with E-state index in [0.717, 1.165) is 12.2 Å². The smallest absolute Gasteiger partial charge is 0.347 e. The standard InChI is InChI=1S/C20H21NO4/c1-3-16-5-4-6-19(13-16)23-11-12-24-20(22)15(2)25-18-9-7-17(14-21)8-10-18/h4-10,13,15H,3,11-12H2,1-2H3. The van der Waals surface area contributed by atoms with E-state index < -0.39 is 12.1 Å². The van der Waals surface area contributed by atoms with E-state index >= 15 is 0 Å². The second-order valence-corrected chi connectivity index (χ2v) is 5.41. The van der Waals surface area contributed by atoms with Gasteiger partial charge in [0.15, 0.2) is 6.10 Å². The van der Waals surface area contributed by atoms with Crippen LogP contribution < -0.4 is 9.47 Å². The second kappa shape index (κ2) is 9.33. The zero-order valence-corrected chi connectivity index (χ0v) is 14.4. The van der Waals surface area contributed by atoms with E-state index in [9.17, 15) is 4.79 Å². The summed E-state index contributed by atoms with van der Waals surface area (Å²) in [6, 6.07) is 16.4. The molecular weight excluding hydrogens is 318 g/mol. The molecule has 1 atom stereocenters.